The molecule has 0 aliphatic heterocycles. The smallest absolute Gasteiger partial charge is 0.309 e. The normalized spacial score (nSPS) is 13.4. The van der Waals surface area contributed by atoms with Gasteiger partial charge in [0.25, 0.3) is 0 Å². The summed E-state index contributed by atoms with van der Waals surface area (Å²) in [4.78, 5) is 4.23. The summed E-state index contributed by atoms with van der Waals surface area (Å²) in [5.74, 6) is -1.28. The highest BCUT2D eigenvalue weighted by Gasteiger charge is 2.35. The minimum Gasteiger partial charge on any atom is -0.309 e. The molecule has 1 heterocycles. The second-order valence-electron chi connectivity index (χ2n) is 4.52. The predicted octanol–water partition coefficient (Wildman–Crippen LogP) is 4.64. The number of hydrogen-bond acceptors (Lipinski definition) is 3. The molecule has 1 aromatic heterocycles. The van der Waals surface area contributed by atoms with E-state index in [0.29, 0.717) is 5.69 Å². The highest BCUT2D eigenvalue weighted by Crippen LogP contribution is 2.36. The summed E-state index contributed by atoms with van der Waals surface area (Å²) >= 11 is 1.13. The number of halogens is 4. The fourth-order valence-electron chi connectivity index (χ4n) is 1.94. The molecule has 0 aliphatic carbocycles. The van der Waals surface area contributed by atoms with Crippen LogP contribution in [-0.2, 0) is 6.18 Å². The zero-order chi connectivity index (χ0) is 15.6. The van der Waals surface area contributed by atoms with Gasteiger partial charge in [-0.3, -0.25) is 0 Å². The van der Waals surface area contributed by atoms with E-state index in [-0.39, 0.29) is 16.6 Å². The van der Waals surface area contributed by atoms with Gasteiger partial charge in [0.15, 0.2) is 0 Å². The van der Waals surface area contributed by atoms with Crippen molar-refractivity contribution in [3.63, 3.8) is 0 Å². The Morgan fingerprint density at radius 1 is 1.33 bits per heavy atom. The summed E-state index contributed by atoms with van der Waals surface area (Å²) in [6.07, 6.45) is -4.71. The first-order valence-corrected chi connectivity index (χ1v) is 7.27. The van der Waals surface area contributed by atoms with Crippen LogP contribution in [0.2, 0.25) is 0 Å². The van der Waals surface area contributed by atoms with Crippen molar-refractivity contribution >= 4 is 11.3 Å². The third kappa shape index (κ3) is 3.41. The van der Waals surface area contributed by atoms with Gasteiger partial charge in [0, 0.05) is 17.0 Å². The second-order valence-corrected chi connectivity index (χ2v) is 5.38. The Balaban J connectivity index is 2.39. The zero-order valence-corrected chi connectivity index (χ0v) is 12.3. The Kier molecular flexibility index (Phi) is 4.63. The summed E-state index contributed by atoms with van der Waals surface area (Å²) in [5, 5.41) is 5.12. The summed E-state index contributed by atoms with van der Waals surface area (Å²) in [7, 11) is 0. The van der Waals surface area contributed by atoms with E-state index in [1.807, 2.05) is 13.8 Å². The molecule has 0 amide bonds. The van der Waals surface area contributed by atoms with E-state index in [9.17, 15) is 17.6 Å². The van der Waals surface area contributed by atoms with Crippen LogP contribution < -0.4 is 5.32 Å². The topological polar surface area (TPSA) is 24.9 Å². The molecule has 0 bridgehead atoms. The Hall–Kier alpha value is -1.47. The average molecular weight is 318 g/mol. The van der Waals surface area contributed by atoms with Crippen molar-refractivity contribution in [1.82, 2.24) is 10.3 Å². The van der Waals surface area contributed by atoms with Gasteiger partial charge in [0.05, 0.1) is 11.3 Å². The van der Waals surface area contributed by atoms with Crippen molar-refractivity contribution in [1.29, 1.82) is 0 Å². The number of nitrogens with one attached hydrogen (secondary N) is 1. The molecule has 0 fully saturated rings. The third-order valence-electron chi connectivity index (χ3n) is 3.01. The van der Waals surface area contributed by atoms with Crippen LogP contribution in [0.25, 0.3) is 10.6 Å². The van der Waals surface area contributed by atoms with Gasteiger partial charge < -0.3 is 5.32 Å². The number of nitrogens with zero attached hydrogens (tertiary/aromatic N) is 1. The van der Waals surface area contributed by atoms with Gasteiger partial charge in [-0.15, -0.1) is 11.3 Å². The Labute approximate surface area is 123 Å². The van der Waals surface area contributed by atoms with E-state index < -0.39 is 17.6 Å². The lowest BCUT2D eigenvalue weighted by atomic mass is 10.1. The molecular formula is C14H14F4N2S. The molecule has 1 atom stereocenters. The van der Waals surface area contributed by atoms with Crippen LogP contribution in [0, 0.1) is 5.82 Å². The van der Waals surface area contributed by atoms with Crippen LogP contribution >= 0.6 is 11.3 Å². The van der Waals surface area contributed by atoms with E-state index in [4.69, 9.17) is 0 Å². The first-order valence-electron chi connectivity index (χ1n) is 6.39. The molecule has 1 N–H and O–H groups in total. The van der Waals surface area contributed by atoms with Crippen molar-refractivity contribution < 1.29 is 17.6 Å². The maximum atomic E-state index is 14.0. The molecule has 0 saturated heterocycles. The lowest BCUT2D eigenvalue weighted by molar-refractivity contribution is -0.139. The molecule has 0 saturated carbocycles. The molecule has 0 spiro atoms. The monoisotopic (exact) mass is 318 g/mol. The van der Waals surface area contributed by atoms with Crippen molar-refractivity contribution in [3.05, 3.63) is 40.7 Å². The van der Waals surface area contributed by atoms with Crippen molar-refractivity contribution in [3.8, 4) is 10.6 Å². The largest absolute Gasteiger partial charge is 0.419 e. The summed E-state index contributed by atoms with van der Waals surface area (Å²) < 4.78 is 52.2. The van der Waals surface area contributed by atoms with Crippen LogP contribution in [0.4, 0.5) is 17.6 Å². The van der Waals surface area contributed by atoms with Crippen LogP contribution in [0.3, 0.4) is 0 Å². The molecule has 0 aliphatic rings. The number of rotatable bonds is 4. The SMILES string of the molecule is CCNC(C)c1csc(-c2cccc(C(F)(F)F)c2F)n1. The van der Waals surface area contributed by atoms with Crippen molar-refractivity contribution in [2.45, 2.75) is 26.1 Å². The van der Waals surface area contributed by atoms with Crippen LogP contribution in [0.15, 0.2) is 23.6 Å². The highest BCUT2D eigenvalue weighted by atomic mass is 32.1. The van der Waals surface area contributed by atoms with Gasteiger partial charge in [-0.1, -0.05) is 13.0 Å². The number of thiazole rings is 1. The average Bonchev–Trinajstić information content (AvgIpc) is 2.87. The Bertz CT molecular complexity index is 622. The predicted molar refractivity (Wildman–Crippen MR) is 74.6 cm³/mol. The molecule has 114 valence electrons. The summed E-state index contributed by atoms with van der Waals surface area (Å²) in [5.41, 5.74) is -0.699. The van der Waals surface area contributed by atoms with E-state index in [2.05, 4.69) is 10.3 Å². The van der Waals surface area contributed by atoms with Crippen molar-refractivity contribution in [2.24, 2.45) is 0 Å². The van der Waals surface area contributed by atoms with Crippen LogP contribution in [-0.4, -0.2) is 11.5 Å². The molecular weight excluding hydrogens is 304 g/mol. The van der Waals surface area contributed by atoms with Crippen molar-refractivity contribution in [2.75, 3.05) is 6.54 Å². The minimum absolute atomic E-state index is 0.0335. The number of hydrogen-bond donors (Lipinski definition) is 1. The van der Waals surface area contributed by atoms with Gasteiger partial charge in [0.2, 0.25) is 0 Å². The number of benzene rings is 1. The maximum Gasteiger partial charge on any atom is 0.419 e. The van der Waals surface area contributed by atoms with E-state index in [1.165, 1.54) is 12.1 Å². The van der Waals surface area contributed by atoms with E-state index in [0.717, 1.165) is 23.9 Å². The third-order valence-corrected chi connectivity index (χ3v) is 3.90. The fourth-order valence-corrected chi connectivity index (χ4v) is 2.87. The molecule has 21 heavy (non-hydrogen) atoms. The standard InChI is InChI=1S/C14H14F4N2S/c1-3-19-8(2)11-7-21-13(20-11)9-5-4-6-10(12(9)15)14(16,17)18/h4-8,19H,3H2,1-2H3. The molecule has 2 nitrogen and oxygen atoms in total. The molecule has 1 unspecified atom stereocenters. The lowest BCUT2D eigenvalue weighted by Crippen LogP contribution is -2.17. The first kappa shape index (κ1) is 15.9. The van der Waals surface area contributed by atoms with Gasteiger partial charge >= 0.3 is 6.18 Å². The summed E-state index contributed by atoms with van der Waals surface area (Å²) in [6, 6.07) is 3.20. The summed E-state index contributed by atoms with van der Waals surface area (Å²) in [6.45, 7) is 4.58. The number of aromatic nitrogens is 1. The molecule has 2 rings (SSSR count). The molecule has 7 heteroatoms. The van der Waals surface area contributed by atoms with Gasteiger partial charge in [0.1, 0.15) is 10.8 Å². The van der Waals surface area contributed by atoms with Gasteiger partial charge in [-0.25, -0.2) is 9.37 Å². The van der Waals surface area contributed by atoms with Crippen LogP contribution in [0.5, 0.6) is 0 Å². The van der Waals surface area contributed by atoms with E-state index >= 15 is 0 Å². The molecule has 0 radical (unpaired) electrons. The lowest BCUT2D eigenvalue weighted by Gasteiger charge is -2.10. The fraction of sp³-hybridized carbons (Fsp3) is 0.357. The second kappa shape index (κ2) is 6.11. The van der Waals surface area contributed by atoms with Gasteiger partial charge in [-0.05, 0) is 25.6 Å². The van der Waals surface area contributed by atoms with Crippen LogP contribution in [0.1, 0.15) is 31.1 Å². The van der Waals surface area contributed by atoms with Gasteiger partial charge in [-0.2, -0.15) is 13.2 Å². The zero-order valence-electron chi connectivity index (χ0n) is 11.5. The quantitative estimate of drug-likeness (QED) is 0.831. The van der Waals surface area contributed by atoms with E-state index in [1.54, 1.807) is 5.38 Å². The first-order chi connectivity index (χ1) is 9.84. The number of alkyl halides is 3. The highest BCUT2D eigenvalue weighted by molar-refractivity contribution is 7.13. The Morgan fingerprint density at radius 2 is 2.05 bits per heavy atom. The molecule has 2 aromatic rings. The molecule has 1 aromatic carbocycles. The maximum absolute atomic E-state index is 14.0. The minimum atomic E-state index is -4.71. The Morgan fingerprint density at radius 3 is 2.67 bits per heavy atom.